The minimum Gasteiger partial charge on any atom is -0.495 e. The normalized spacial score (nSPS) is 9.46. The lowest BCUT2D eigenvalue weighted by molar-refractivity contribution is -0.107. The third kappa shape index (κ3) is 2.21. The zero-order valence-electron chi connectivity index (χ0n) is 7.45. The lowest BCUT2D eigenvalue weighted by atomic mass is 10.3. The maximum atomic E-state index is 10.5. The number of rotatable bonds is 3. The van der Waals surface area contributed by atoms with Crippen LogP contribution in [0.1, 0.15) is 0 Å². The highest BCUT2D eigenvalue weighted by Gasteiger charge is 2.06. The second kappa shape index (κ2) is 4.28. The fourth-order valence-corrected chi connectivity index (χ4v) is 1.34. The first-order valence-electron chi connectivity index (χ1n) is 3.70. The van der Waals surface area contributed by atoms with Gasteiger partial charge in [0, 0.05) is 11.5 Å². The molecule has 0 aliphatic rings. The van der Waals surface area contributed by atoms with Crippen LogP contribution < -0.4 is 9.64 Å². The number of carbonyl (C=O) groups excluding carboxylic acids is 1. The van der Waals surface area contributed by atoms with Crippen LogP contribution in [0.3, 0.4) is 0 Å². The van der Waals surface area contributed by atoms with Crippen LogP contribution in [0, 0.1) is 0 Å². The predicted octanol–water partition coefficient (Wildman–Crippen LogP) is 2.05. The number of hydrogen-bond acceptors (Lipinski definition) is 2. The fourth-order valence-electron chi connectivity index (χ4n) is 0.996. The van der Waals surface area contributed by atoms with Crippen molar-refractivity contribution in [3.8, 4) is 5.75 Å². The Morgan fingerprint density at radius 2 is 2.23 bits per heavy atom. The first kappa shape index (κ1) is 10.1. The van der Waals surface area contributed by atoms with Gasteiger partial charge in [0.25, 0.3) is 0 Å². The Hall–Kier alpha value is -1.03. The molecule has 70 valence electrons. The molecule has 0 bridgehead atoms. The zero-order chi connectivity index (χ0) is 9.84. The first-order chi connectivity index (χ1) is 6.19. The van der Waals surface area contributed by atoms with E-state index in [4.69, 9.17) is 4.74 Å². The van der Waals surface area contributed by atoms with E-state index in [-0.39, 0.29) is 0 Å². The summed E-state index contributed by atoms with van der Waals surface area (Å²) < 4.78 is 6.02. The third-order valence-electron chi connectivity index (χ3n) is 1.68. The van der Waals surface area contributed by atoms with Gasteiger partial charge in [-0.15, -0.1) is 0 Å². The van der Waals surface area contributed by atoms with E-state index in [9.17, 15) is 4.79 Å². The van der Waals surface area contributed by atoms with Crippen molar-refractivity contribution in [3.63, 3.8) is 0 Å². The summed E-state index contributed by atoms with van der Waals surface area (Å²) in [6.07, 6.45) is 0.740. The average Bonchev–Trinajstić information content (AvgIpc) is 2.16. The van der Waals surface area contributed by atoms with Gasteiger partial charge in [0.2, 0.25) is 6.41 Å². The van der Waals surface area contributed by atoms with Crippen LogP contribution in [0.4, 0.5) is 5.69 Å². The molecule has 0 saturated carbocycles. The molecule has 0 unspecified atom stereocenters. The number of ether oxygens (including phenoxy) is 1. The highest BCUT2D eigenvalue weighted by Crippen LogP contribution is 2.29. The van der Waals surface area contributed by atoms with Crippen molar-refractivity contribution >= 4 is 28.0 Å². The van der Waals surface area contributed by atoms with E-state index in [1.165, 1.54) is 4.90 Å². The van der Waals surface area contributed by atoms with E-state index in [1.54, 1.807) is 20.2 Å². The Labute approximate surface area is 85.4 Å². The second-order valence-electron chi connectivity index (χ2n) is 2.53. The van der Waals surface area contributed by atoms with E-state index in [1.807, 2.05) is 12.1 Å². The number of hydrogen-bond donors (Lipinski definition) is 0. The Bertz CT molecular complexity index is 314. The molecule has 0 fully saturated rings. The SMILES string of the molecule is COc1ccc(Br)cc1N(C)C=O. The van der Waals surface area contributed by atoms with Gasteiger partial charge in [0.05, 0.1) is 12.8 Å². The maximum Gasteiger partial charge on any atom is 0.213 e. The van der Waals surface area contributed by atoms with Crippen molar-refractivity contribution in [2.45, 2.75) is 0 Å². The summed E-state index contributed by atoms with van der Waals surface area (Å²) >= 11 is 3.32. The van der Waals surface area contributed by atoms with Gasteiger partial charge in [-0.2, -0.15) is 0 Å². The van der Waals surface area contributed by atoms with Gasteiger partial charge >= 0.3 is 0 Å². The first-order valence-corrected chi connectivity index (χ1v) is 4.50. The van der Waals surface area contributed by atoms with Crippen molar-refractivity contribution in [1.29, 1.82) is 0 Å². The van der Waals surface area contributed by atoms with Gasteiger partial charge in [-0.25, -0.2) is 0 Å². The minimum atomic E-state index is 0.679. The lowest BCUT2D eigenvalue weighted by Gasteiger charge is -2.14. The molecule has 0 saturated heterocycles. The van der Waals surface area contributed by atoms with Crippen LogP contribution in [-0.4, -0.2) is 20.6 Å². The molecule has 1 rings (SSSR count). The van der Waals surface area contributed by atoms with Gasteiger partial charge in [-0.05, 0) is 18.2 Å². The highest BCUT2D eigenvalue weighted by molar-refractivity contribution is 9.10. The summed E-state index contributed by atoms with van der Waals surface area (Å²) in [5.41, 5.74) is 0.742. The van der Waals surface area contributed by atoms with E-state index in [0.29, 0.717) is 5.75 Å². The number of benzene rings is 1. The Balaban J connectivity index is 3.14. The van der Waals surface area contributed by atoms with E-state index in [0.717, 1.165) is 16.6 Å². The molecular formula is C9H10BrNO2. The smallest absolute Gasteiger partial charge is 0.213 e. The monoisotopic (exact) mass is 243 g/mol. The standard InChI is InChI=1S/C9H10BrNO2/c1-11(6-12)8-5-7(10)3-4-9(8)13-2/h3-6H,1-2H3. The molecule has 0 aromatic heterocycles. The van der Waals surface area contributed by atoms with Crippen LogP contribution in [0.5, 0.6) is 5.75 Å². The molecule has 0 aliphatic heterocycles. The number of amides is 1. The van der Waals surface area contributed by atoms with Gasteiger partial charge < -0.3 is 9.64 Å². The second-order valence-corrected chi connectivity index (χ2v) is 3.45. The van der Waals surface area contributed by atoms with Crippen LogP contribution in [0.15, 0.2) is 22.7 Å². The molecule has 0 aliphatic carbocycles. The molecular weight excluding hydrogens is 234 g/mol. The van der Waals surface area contributed by atoms with Crippen LogP contribution in [0.2, 0.25) is 0 Å². The van der Waals surface area contributed by atoms with E-state index >= 15 is 0 Å². The quantitative estimate of drug-likeness (QED) is 0.761. The van der Waals surface area contributed by atoms with Crippen molar-refractivity contribution in [1.82, 2.24) is 0 Å². The fraction of sp³-hybridized carbons (Fsp3) is 0.222. The lowest BCUT2D eigenvalue weighted by Crippen LogP contribution is -2.14. The molecule has 13 heavy (non-hydrogen) atoms. The number of nitrogens with zero attached hydrogens (tertiary/aromatic N) is 1. The summed E-state index contributed by atoms with van der Waals surface area (Å²) in [6.45, 7) is 0. The molecule has 1 aromatic rings. The van der Waals surface area contributed by atoms with E-state index < -0.39 is 0 Å². The van der Waals surface area contributed by atoms with Gasteiger partial charge in [-0.3, -0.25) is 4.79 Å². The van der Waals surface area contributed by atoms with Crippen molar-refractivity contribution in [3.05, 3.63) is 22.7 Å². The van der Waals surface area contributed by atoms with Crippen LogP contribution in [-0.2, 0) is 4.79 Å². The van der Waals surface area contributed by atoms with Crippen LogP contribution >= 0.6 is 15.9 Å². The van der Waals surface area contributed by atoms with Crippen molar-refractivity contribution in [2.75, 3.05) is 19.1 Å². The Morgan fingerprint density at radius 3 is 2.77 bits per heavy atom. The number of methoxy groups -OCH3 is 1. The molecule has 4 heteroatoms. The molecule has 0 N–H and O–H groups in total. The summed E-state index contributed by atoms with van der Waals surface area (Å²) in [7, 11) is 3.25. The molecule has 0 atom stereocenters. The largest absolute Gasteiger partial charge is 0.495 e. The molecule has 0 heterocycles. The summed E-state index contributed by atoms with van der Waals surface area (Å²) in [4.78, 5) is 12.0. The minimum absolute atomic E-state index is 0.679. The van der Waals surface area contributed by atoms with E-state index in [2.05, 4.69) is 15.9 Å². The maximum absolute atomic E-state index is 10.5. The third-order valence-corrected chi connectivity index (χ3v) is 2.17. The zero-order valence-corrected chi connectivity index (χ0v) is 9.04. The van der Waals surface area contributed by atoms with Crippen LogP contribution in [0.25, 0.3) is 0 Å². The highest BCUT2D eigenvalue weighted by atomic mass is 79.9. The summed E-state index contributed by atoms with van der Waals surface area (Å²) in [6, 6.07) is 5.49. The van der Waals surface area contributed by atoms with Gasteiger partial charge in [0.15, 0.2) is 0 Å². The molecule has 3 nitrogen and oxygen atoms in total. The Morgan fingerprint density at radius 1 is 1.54 bits per heavy atom. The number of anilines is 1. The number of halogens is 1. The summed E-state index contributed by atoms with van der Waals surface area (Å²) in [5.74, 6) is 0.679. The molecule has 1 amide bonds. The van der Waals surface area contributed by atoms with Gasteiger partial charge in [0.1, 0.15) is 5.75 Å². The molecule has 1 aromatic carbocycles. The predicted molar refractivity (Wildman–Crippen MR) is 55.2 cm³/mol. The van der Waals surface area contributed by atoms with Crippen molar-refractivity contribution < 1.29 is 9.53 Å². The molecule has 0 spiro atoms. The molecule has 0 radical (unpaired) electrons. The number of carbonyl (C=O) groups is 1. The average molecular weight is 244 g/mol. The Kier molecular flexibility index (Phi) is 3.31. The van der Waals surface area contributed by atoms with Crippen molar-refractivity contribution in [2.24, 2.45) is 0 Å². The van der Waals surface area contributed by atoms with Gasteiger partial charge in [-0.1, -0.05) is 15.9 Å². The summed E-state index contributed by atoms with van der Waals surface area (Å²) in [5, 5.41) is 0. The topological polar surface area (TPSA) is 29.5 Å².